The Bertz CT molecular complexity index is 735. The predicted octanol–water partition coefficient (Wildman–Crippen LogP) is 4.28. The van der Waals surface area contributed by atoms with Gasteiger partial charge in [-0.05, 0) is 24.1 Å². The van der Waals surface area contributed by atoms with Gasteiger partial charge in [-0.3, -0.25) is 10.1 Å². The minimum Gasteiger partial charge on any atom is -0.458 e. The number of carbonyl (C=O) groups is 1. The molecule has 0 aliphatic heterocycles. The van der Waals surface area contributed by atoms with E-state index in [1.807, 2.05) is 50.2 Å². The average Bonchev–Trinajstić information content (AvgIpc) is 2.61. The smallest absolute Gasteiger partial charge is 0.323 e. The summed E-state index contributed by atoms with van der Waals surface area (Å²) < 4.78 is 11.1. The number of hydrogen-bond donors (Lipinski definition) is 1. The molecular formula is C20H23ClN2O3. The van der Waals surface area contributed by atoms with Crippen molar-refractivity contribution in [2.45, 2.75) is 26.5 Å². The van der Waals surface area contributed by atoms with Crippen LogP contribution >= 0.6 is 11.6 Å². The molecule has 2 aromatic rings. The van der Waals surface area contributed by atoms with Crippen LogP contribution < -0.4 is 10.1 Å². The van der Waals surface area contributed by atoms with Crippen LogP contribution in [0.1, 0.15) is 19.5 Å². The number of nitrogens with zero attached hydrogens (tertiary/aromatic N) is 1. The Morgan fingerprint density at radius 3 is 2.58 bits per heavy atom. The summed E-state index contributed by atoms with van der Waals surface area (Å²) in [6.07, 6.45) is 0. The fourth-order valence-electron chi connectivity index (χ4n) is 2.25. The highest BCUT2D eigenvalue weighted by Crippen LogP contribution is 2.19. The lowest BCUT2D eigenvalue weighted by Gasteiger charge is -2.20. The zero-order chi connectivity index (χ0) is 18.9. The maximum Gasteiger partial charge on any atom is 0.323 e. The Morgan fingerprint density at radius 1 is 1.19 bits per heavy atom. The van der Waals surface area contributed by atoms with Crippen molar-refractivity contribution in [3.8, 4) is 11.6 Å². The summed E-state index contributed by atoms with van der Waals surface area (Å²) in [5.74, 6) is 0.842. The monoisotopic (exact) mass is 374 g/mol. The SMILES string of the molecule is C=C(Cl)CNC(C(=O)OCc1cccc(Oc2ccccc2)n1)C(C)C. The molecule has 0 radical (unpaired) electrons. The summed E-state index contributed by atoms with van der Waals surface area (Å²) >= 11 is 5.76. The predicted molar refractivity (Wildman–Crippen MR) is 102 cm³/mol. The van der Waals surface area contributed by atoms with Gasteiger partial charge in [0.15, 0.2) is 0 Å². The Morgan fingerprint density at radius 2 is 1.92 bits per heavy atom. The summed E-state index contributed by atoms with van der Waals surface area (Å²) in [5, 5.41) is 3.49. The van der Waals surface area contributed by atoms with Crippen molar-refractivity contribution in [1.29, 1.82) is 0 Å². The average molecular weight is 375 g/mol. The fraction of sp³-hybridized carbons (Fsp3) is 0.300. The van der Waals surface area contributed by atoms with Gasteiger partial charge in [0.05, 0.1) is 5.69 Å². The molecule has 0 saturated carbocycles. The van der Waals surface area contributed by atoms with Gasteiger partial charge in [0.25, 0.3) is 0 Å². The number of esters is 1. The number of nitrogens with one attached hydrogen (secondary N) is 1. The number of para-hydroxylation sites is 1. The molecular weight excluding hydrogens is 352 g/mol. The zero-order valence-corrected chi connectivity index (χ0v) is 15.7. The molecule has 6 heteroatoms. The second kappa shape index (κ2) is 9.94. The van der Waals surface area contributed by atoms with Gasteiger partial charge in [0.1, 0.15) is 18.4 Å². The maximum atomic E-state index is 12.3. The van der Waals surface area contributed by atoms with Gasteiger partial charge in [-0.1, -0.05) is 56.3 Å². The molecule has 0 amide bonds. The van der Waals surface area contributed by atoms with Gasteiger partial charge in [-0.15, -0.1) is 0 Å². The summed E-state index contributed by atoms with van der Waals surface area (Å²) in [7, 11) is 0. The molecule has 138 valence electrons. The molecule has 1 heterocycles. The van der Waals surface area contributed by atoms with Crippen molar-refractivity contribution >= 4 is 17.6 Å². The number of halogens is 1. The van der Waals surface area contributed by atoms with Gasteiger partial charge in [0, 0.05) is 17.6 Å². The minimum absolute atomic E-state index is 0.0548. The molecule has 5 nitrogen and oxygen atoms in total. The molecule has 1 N–H and O–H groups in total. The lowest BCUT2D eigenvalue weighted by Crippen LogP contribution is -2.42. The third kappa shape index (κ3) is 6.50. The number of pyridine rings is 1. The first kappa shape index (κ1) is 19.9. The zero-order valence-electron chi connectivity index (χ0n) is 14.9. The van der Waals surface area contributed by atoms with Crippen molar-refractivity contribution in [3.05, 3.63) is 65.8 Å². The van der Waals surface area contributed by atoms with E-state index in [1.54, 1.807) is 12.1 Å². The van der Waals surface area contributed by atoms with Crippen LogP contribution in [0.3, 0.4) is 0 Å². The first-order valence-corrected chi connectivity index (χ1v) is 8.75. The van der Waals surface area contributed by atoms with E-state index in [0.717, 1.165) is 0 Å². The summed E-state index contributed by atoms with van der Waals surface area (Å²) in [5.41, 5.74) is 0.607. The lowest BCUT2D eigenvalue weighted by molar-refractivity contribution is -0.148. The molecule has 0 aliphatic rings. The first-order valence-electron chi connectivity index (χ1n) is 8.38. The lowest BCUT2D eigenvalue weighted by atomic mass is 10.0. The molecule has 0 aliphatic carbocycles. The molecule has 0 fully saturated rings. The van der Waals surface area contributed by atoms with Crippen molar-refractivity contribution in [2.24, 2.45) is 5.92 Å². The number of carbonyl (C=O) groups excluding carboxylic acids is 1. The number of hydrogen-bond acceptors (Lipinski definition) is 5. The van der Waals surface area contributed by atoms with Crippen LogP contribution in [-0.4, -0.2) is 23.5 Å². The van der Waals surface area contributed by atoms with E-state index in [1.165, 1.54) is 0 Å². The number of rotatable bonds is 9. The van der Waals surface area contributed by atoms with Crippen molar-refractivity contribution in [3.63, 3.8) is 0 Å². The number of benzene rings is 1. The second-order valence-electron chi connectivity index (χ2n) is 6.11. The molecule has 2 rings (SSSR count). The highest BCUT2D eigenvalue weighted by Gasteiger charge is 2.23. The molecule has 1 aromatic carbocycles. The summed E-state index contributed by atoms with van der Waals surface area (Å²) in [6, 6.07) is 14.3. The molecule has 0 saturated heterocycles. The van der Waals surface area contributed by atoms with Gasteiger partial charge >= 0.3 is 5.97 Å². The van der Waals surface area contributed by atoms with Crippen LogP contribution in [0, 0.1) is 5.92 Å². The number of aromatic nitrogens is 1. The van der Waals surface area contributed by atoms with E-state index in [-0.39, 0.29) is 18.5 Å². The van der Waals surface area contributed by atoms with E-state index in [9.17, 15) is 4.79 Å². The van der Waals surface area contributed by atoms with E-state index in [2.05, 4.69) is 16.9 Å². The van der Waals surface area contributed by atoms with Crippen LogP contribution in [0.5, 0.6) is 11.6 Å². The van der Waals surface area contributed by atoms with E-state index >= 15 is 0 Å². The second-order valence-corrected chi connectivity index (χ2v) is 6.64. The Hall–Kier alpha value is -2.37. The summed E-state index contributed by atoms with van der Waals surface area (Å²) in [4.78, 5) is 16.7. The molecule has 0 bridgehead atoms. The third-order valence-corrected chi connectivity index (χ3v) is 3.68. The molecule has 1 aromatic heterocycles. The number of ether oxygens (including phenoxy) is 2. The Kier molecular flexibility index (Phi) is 7.63. The van der Waals surface area contributed by atoms with Gasteiger partial charge < -0.3 is 9.47 Å². The van der Waals surface area contributed by atoms with E-state index < -0.39 is 6.04 Å². The normalized spacial score (nSPS) is 11.8. The Labute approximate surface area is 159 Å². The molecule has 1 unspecified atom stereocenters. The van der Waals surface area contributed by atoms with Crippen molar-refractivity contribution < 1.29 is 14.3 Å². The molecule has 26 heavy (non-hydrogen) atoms. The highest BCUT2D eigenvalue weighted by molar-refractivity contribution is 6.29. The largest absolute Gasteiger partial charge is 0.458 e. The van der Waals surface area contributed by atoms with Crippen LogP contribution in [0.15, 0.2) is 60.1 Å². The van der Waals surface area contributed by atoms with Gasteiger partial charge in [0.2, 0.25) is 5.88 Å². The van der Waals surface area contributed by atoms with Crippen LogP contribution in [0.2, 0.25) is 0 Å². The maximum absolute atomic E-state index is 12.3. The van der Waals surface area contributed by atoms with Gasteiger partial charge in [-0.25, -0.2) is 4.98 Å². The minimum atomic E-state index is -0.464. The fourth-order valence-corrected chi connectivity index (χ4v) is 2.33. The van der Waals surface area contributed by atoms with Crippen molar-refractivity contribution in [1.82, 2.24) is 10.3 Å². The third-order valence-electron chi connectivity index (χ3n) is 3.54. The van der Waals surface area contributed by atoms with Crippen LogP contribution in [0.25, 0.3) is 0 Å². The van der Waals surface area contributed by atoms with Crippen LogP contribution in [-0.2, 0) is 16.1 Å². The van der Waals surface area contributed by atoms with Crippen molar-refractivity contribution in [2.75, 3.05) is 6.54 Å². The molecule has 0 spiro atoms. The topological polar surface area (TPSA) is 60.5 Å². The Balaban J connectivity index is 1.94. The van der Waals surface area contributed by atoms with E-state index in [4.69, 9.17) is 21.1 Å². The van der Waals surface area contributed by atoms with E-state index in [0.29, 0.717) is 28.9 Å². The highest BCUT2D eigenvalue weighted by atomic mass is 35.5. The molecule has 1 atom stereocenters. The van der Waals surface area contributed by atoms with Crippen LogP contribution in [0.4, 0.5) is 0 Å². The summed E-state index contributed by atoms with van der Waals surface area (Å²) in [6.45, 7) is 7.89. The first-order chi connectivity index (χ1) is 12.5. The van der Waals surface area contributed by atoms with Gasteiger partial charge in [-0.2, -0.15) is 0 Å². The standard InChI is InChI=1S/C20H23ClN2O3/c1-14(2)19(22-12-15(3)21)20(24)25-13-16-8-7-11-18(23-16)26-17-9-5-4-6-10-17/h4-11,14,19,22H,3,12-13H2,1-2H3. The quantitative estimate of drug-likeness (QED) is 0.663.